The number of rotatable bonds is 4. The molecule has 146 valence electrons. The van der Waals surface area contributed by atoms with Gasteiger partial charge in [0, 0.05) is 24.0 Å². The van der Waals surface area contributed by atoms with Gasteiger partial charge in [-0.15, -0.1) is 0 Å². The molecule has 0 unspecified atom stereocenters. The lowest BCUT2D eigenvalue weighted by Crippen LogP contribution is -2.46. The number of nitrogens with zero attached hydrogens (tertiary/aromatic N) is 2. The first-order chi connectivity index (χ1) is 13.6. The van der Waals surface area contributed by atoms with Crippen LogP contribution in [-0.2, 0) is 11.2 Å². The molecule has 1 heterocycles. The van der Waals surface area contributed by atoms with Crippen molar-refractivity contribution in [2.45, 2.75) is 38.1 Å². The van der Waals surface area contributed by atoms with Crippen LogP contribution in [0.15, 0.2) is 48.5 Å². The number of benzene rings is 2. The number of nitrogens with one attached hydrogen (secondary N) is 1. The number of anilines is 2. The Kier molecular flexibility index (Phi) is 5.28. The van der Waals surface area contributed by atoms with Crippen molar-refractivity contribution in [3.8, 4) is 0 Å². The van der Waals surface area contributed by atoms with E-state index in [1.54, 1.807) is 21.9 Å². The second kappa shape index (κ2) is 8.00. The fourth-order valence-corrected chi connectivity index (χ4v) is 3.73. The summed E-state index contributed by atoms with van der Waals surface area (Å²) in [6.07, 6.45) is 4.78. The van der Waals surface area contributed by atoms with Crippen molar-refractivity contribution in [3.05, 3.63) is 59.9 Å². The minimum Gasteiger partial charge on any atom is -0.329 e. The largest absolute Gasteiger partial charge is 0.329 e. The van der Waals surface area contributed by atoms with Crippen LogP contribution in [0.3, 0.4) is 0 Å². The Bertz CT molecular complexity index is 864. The van der Waals surface area contributed by atoms with E-state index in [4.69, 9.17) is 0 Å². The summed E-state index contributed by atoms with van der Waals surface area (Å²) in [7, 11) is 0. The Balaban J connectivity index is 1.44. The molecule has 0 spiro atoms. The average molecular weight is 381 g/mol. The number of urea groups is 1. The molecule has 0 bridgehead atoms. The molecule has 1 aliphatic heterocycles. The van der Waals surface area contributed by atoms with Crippen LogP contribution in [0.2, 0.25) is 0 Å². The molecule has 0 radical (unpaired) electrons. The van der Waals surface area contributed by atoms with Gasteiger partial charge in [-0.1, -0.05) is 18.2 Å². The molecule has 0 aromatic heterocycles. The molecule has 3 amide bonds. The number of halogens is 1. The summed E-state index contributed by atoms with van der Waals surface area (Å²) in [4.78, 5) is 29.0. The smallest absolute Gasteiger partial charge is 0.322 e. The van der Waals surface area contributed by atoms with Gasteiger partial charge >= 0.3 is 6.03 Å². The fraction of sp³-hybridized carbons (Fsp3) is 0.364. The standard InChI is InChI=1S/C22H24FN3O2/c23-17-8-10-18(11-9-17)26(19-12-13-19)21(27)15-24-22(28)25-14-4-3-6-16-5-1-2-7-20(16)25/h1-2,5,7-11,19H,3-4,6,12-15H2,(H,24,28). The highest BCUT2D eigenvalue weighted by Crippen LogP contribution is 2.32. The molecule has 0 saturated heterocycles. The number of para-hydroxylation sites is 1. The molecular weight excluding hydrogens is 357 g/mol. The molecule has 1 N–H and O–H groups in total. The van der Waals surface area contributed by atoms with E-state index < -0.39 is 0 Å². The zero-order valence-corrected chi connectivity index (χ0v) is 15.7. The molecule has 6 heteroatoms. The van der Waals surface area contributed by atoms with E-state index in [2.05, 4.69) is 11.4 Å². The van der Waals surface area contributed by atoms with Crippen molar-refractivity contribution in [3.63, 3.8) is 0 Å². The number of hydrogen-bond acceptors (Lipinski definition) is 2. The van der Waals surface area contributed by atoms with Gasteiger partial charge in [0.1, 0.15) is 5.82 Å². The third-order valence-electron chi connectivity index (χ3n) is 5.28. The Morgan fingerprint density at radius 1 is 1.07 bits per heavy atom. The molecule has 5 nitrogen and oxygen atoms in total. The summed E-state index contributed by atoms with van der Waals surface area (Å²) in [5.74, 6) is -0.509. The highest BCUT2D eigenvalue weighted by atomic mass is 19.1. The van der Waals surface area contributed by atoms with E-state index in [9.17, 15) is 14.0 Å². The van der Waals surface area contributed by atoms with Crippen LogP contribution in [0.25, 0.3) is 0 Å². The Morgan fingerprint density at radius 3 is 2.57 bits per heavy atom. The molecule has 2 aliphatic rings. The summed E-state index contributed by atoms with van der Waals surface area (Å²) in [6, 6.07) is 13.7. The van der Waals surface area contributed by atoms with Gasteiger partial charge < -0.3 is 10.2 Å². The van der Waals surface area contributed by atoms with Crippen LogP contribution in [0.1, 0.15) is 31.2 Å². The molecule has 2 aromatic carbocycles. The summed E-state index contributed by atoms with van der Waals surface area (Å²) in [6.45, 7) is 0.562. The minimum atomic E-state index is -0.333. The predicted molar refractivity (Wildman–Crippen MR) is 107 cm³/mol. The lowest BCUT2D eigenvalue weighted by atomic mass is 10.1. The molecular formula is C22H24FN3O2. The number of hydrogen-bond donors (Lipinski definition) is 1. The van der Waals surface area contributed by atoms with Gasteiger partial charge in [-0.05, 0) is 68.0 Å². The number of fused-ring (bicyclic) bond motifs is 1. The quantitative estimate of drug-likeness (QED) is 0.874. The van der Waals surface area contributed by atoms with E-state index in [0.717, 1.165) is 43.4 Å². The maximum atomic E-state index is 13.2. The van der Waals surface area contributed by atoms with Gasteiger partial charge in [0.2, 0.25) is 5.91 Å². The van der Waals surface area contributed by atoms with Crippen molar-refractivity contribution in [2.24, 2.45) is 0 Å². The van der Waals surface area contributed by atoms with Crippen molar-refractivity contribution in [1.29, 1.82) is 0 Å². The van der Waals surface area contributed by atoms with Crippen molar-refractivity contribution < 1.29 is 14.0 Å². The molecule has 0 atom stereocenters. The summed E-state index contributed by atoms with van der Waals surface area (Å²) < 4.78 is 13.2. The second-order valence-electron chi connectivity index (χ2n) is 7.37. The van der Waals surface area contributed by atoms with Crippen molar-refractivity contribution in [1.82, 2.24) is 5.32 Å². The monoisotopic (exact) mass is 381 g/mol. The second-order valence-corrected chi connectivity index (χ2v) is 7.37. The Morgan fingerprint density at radius 2 is 1.82 bits per heavy atom. The van der Waals surface area contributed by atoms with E-state index in [1.165, 1.54) is 12.1 Å². The summed E-state index contributed by atoms with van der Waals surface area (Å²) >= 11 is 0. The Hall–Kier alpha value is -2.89. The number of carbonyl (C=O) groups is 2. The first-order valence-electron chi connectivity index (χ1n) is 9.84. The van der Waals surface area contributed by atoms with E-state index in [-0.39, 0.29) is 30.3 Å². The third-order valence-corrected chi connectivity index (χ3v) is 5.28. The van der Waals surface area contributed by atoms with E-state index in [0.29, 0.717) is 12.2 Å². The van der Waals surface area contributed by atoms with E-state index >= 15 is 0 Å². The van der Waals surface area contributed by atoms with Gasteiger partial charge in [-0.3, -0.25) is 9.69 Å². The normalized spacial score (nSPS) is 16.1. The molecule has 1 fully saturated rings. The third kappa shape index (κ3) is 4.01. The molecule has 4 rings (SSSR count). The Labute approximate surface area is 164 Å². The van der Waals surface area contributed by atoms with Crippen LogP contribution < -0.4 is 15.1 Å². The minimum absolute atomic E-state index is 0.0780. The van der Waals surface area contributed by atoms with Crippen LogP contribution in [0.5, 0.6) is 0 Å². The topological polar surface area (TPSA) is 52.7 Å². The summed E-state index contributed by atoms with van der Waals surface area (Å²) in [5.41, 5.74) is 2.75. The molecule has 1 aliphatic carbocycles. The average Bonchev–Trinajstić information content (AvgIpc) is 3.54. The molecule has 28 heavy (non-hydrogen) atoms. The number of carbonyl (C=O) groups excluding carboxylic acids is 2. The van der Waals surface area contributed by atoms with Crippen LogP contribution in [-0.4, -0.2) is 31.1 Å². The van der Waals surface area contributed by atoms with Gasteiger partial charge in [-0.25, -0.2) is 9.18 Å². The predicted octanol–water partition coefficient (Wildman–Crippen LogP) is 3.87. The van der Waals surface area contributed by atoms with Gasteiger partial charge in [0.25, 0.3) is 0 Å². The maximum Gasteiger partial charge on any atom is 0.322 e. The van der Waals surface area contributed by atoms with Gasteiger partial charge in [-0.2, -0.15) is 0 Å². The van der Waals surface area contributed by atoms with Gasteiger partial charge in [0.05, 0.1) is 6.54 Å². The van der Waals surface area contributed by atoms with Crippen LogP contribution in [0, 0.1) is 5.82 Å². The summed E-state index contributed by atoms with van der Waals surface area (Å²) in [5, 5.41) is 2.79. The molecule has 1 saturated carbocycles. The zero-order valence-electron chi connectivity index (χ0n) is 15.7. The zero-order chi connectivity index (χ0) is 19.5. The first kappa shape index (κ1) is 18.5. The van der Waals surface area contributed by atoms with Crippen LogP contribution in [0.4, 0.5) is 20.6 Å². The van der Waals surface area contributed by atoms with E-state index in [1.807, 2.05) is 18.2 Å². The first-order valence-corrected chi connectivity index (χ1v) is 9.84. The lowest BCUT2D eigenvalue weighted by molar-refractivity contribution is -0.117. The van der Waals surface area contributed by atoms with Gasteiger partial charge in [0.15, 0.2) is 0 Å². The fourth-order valence-electron chi connectivity index (χ4n) is 3.73. The van der Waals surface area contributed by atoms with Crippen LogP contribution >= 0.6 is 0 Å². The number of aryl methyl sites for hydroxylation is 1. The number of amides is 3. The maximum absolute atomic E-state index is 13.2. The SMILES string of the molecule is O=C(NCC(=O)N(c1ccc(F)cc1)C1CC1)N1CCCCc2ccccc21. The highest BCUT2D eigenvalue weighted by Gasteiger charge is 2.34. The van der Waals surface area contributed by atoms with Crippen molar-refractivity contribution in [2.75, 3.05) is 22.9 Å². The van der Waals surface area contributed by atoms with Crippen molar-refractivity contribution >= 4 is 23.3 Å². The lowest BCUT2D eigenvalue weighted by Gasteiger charge is -2.25. The molecule has 2 aromatic rings. The highest BCUT2D eigenvalue weighted by molar-refractivity contribution is 6.00.